The predicted octanol–water partition coefficient (Wildman–Crippen LogP) is 0.880. The lowest BCUT2D eigenvalue weighted by Crippen LogP contribution is -2.27. The third-order valence-corrected chi connectivity index (χ3v) is 2.53. The summed E-state index contributed by atoms with van der Waals surface area (Å²) in [5.74, 6) is 2.50. The fourth-order valence-electron chi connectivity index (χ4n) is 1.87. The molecule has 0 amide bonds. The first-order valence-corrected chi connectivity index (χ1v) is 4.90. The van der Waals surface area contributed by atoms with Gasteiger partial charge in [-0.3, -0.25) is 0 Å². The molecule has 1 aromatic rings. The summed E-state index contributed by atoms with van der Waals surface area (Å²) < 4.78 is 1.97. The van der Waals surface area contributed by atoms with Gasteiger partial charge >= 0.3 is 0 Å². The summed E-state index contributed by atoms with van der Waals surface area (Å²) in [5.41, 5.74) is 5.98. The Kier molecular flexibility index (Phi) is 2.07. The van der Waals surface area contributed by atoms with Gasteiger partial charge in [-0.25, -0.2) is 9.67 Å². The van der Waals surface area contributed by atoms with E-state index in [9.17, 15) is 0 Å². The number of hydrogen-bond donors (Lipinski definition) is 1. The summed E-state index contributed by atoms with van der Waals surface area (Å²) in [6.45, 7) is 5.24. The van der Waals surface area contributed by atoms with E-state index in [1.54, 1.807) is 0 Å². The van der Waals surface area contributed by atoms with E-state index in [1.165, 1.54) is 0 Å². The number of aryl methyl sites for hydroxylation is 1. The molecule has 0 radical (unpaired) electrons. The van der Waals surface area contributed by atoms with Crippen molar-refractivity contribution in [1.29, 1.82) is 0 Å². The summed E-state index contributed by atoms with van der Waals surface area (Å²) in [6, 6.07) is 0.0801. The highest BCUT2D eigenvalue weighted by atomic mass is 15.4. The van der Waals surface area contributed by atoms with E-state index < -0.39 is 0 Å². The molecule has 13 heavy (non-hydrogen) atoms. The smallest absolute Gasteiger partial charge is 0.150 e. The molecule has 2 atom stereocenters. The van der Waals surface area contributed by atoms with Gasteiger partial charge in [0.05, 0.1) is 6.04 Å². The number of aromatic nitrogens is 3. The van der Waals surface area contributed by atoms with E-state index in [-0.39, 0.29) is 6.04 Å². The van der Waals surface area contributed by atoms with Crippen molar-refractivity contribution < 1.29 is 0 Å². The first kappa shape index (κ1) is 8.69. The van der Waals surface area contributed by atoms with Gasteiger partial charge in [0, 0.05) is 13.0 Å². The molecule has 0 bridgehead atoms. The van der Waals surface area contributed by atoms with Crippen molar-refractivity contribution in [3.8, 4) is 0 Å². The van der Waals surface area contributed by atoms with Gasteiger partial charge in [-0.1, -0.05) is 13.8 Å². The summed E-state index contributed by atoms with van der Waals surface area (Å²) in [4.78, 5) is 4.41. The van der Waals surface area contributed by atoms with Crippen molar-refractivity contribution in [2.75, 3.05) is 0 Å². The van der Waals surface area contributed by atoms with E-state index >= 15 is 0 Å². The molecule has 0 spiro atoms. The Morgan fingerprint density at radius 3 is 3.08 bits per heavy atom. The van der Waals surface area contributed by atoms with Crippen LogP contribution in [0.15, 0.2) is 0 Å². The number of fused-ring (bicyclic) bond motifs is 1. The lowest BCUT2D eigenvalue weighted by molar-refractivity contribution is 0.325. The zero-order valence-electron chi connectivity index (χ0n) is 8.20. The van der Waals surface area contributed by atoms with Crippen molar-refractivity contribution >= 4 is 0 Å². The minimum atomic E-state index is 0.0801. The van der Waals surface area contributed by atoms with Crippen molar-refractivity contribution in [2.24, 2.45) is 11.7 Å². The first-order chi connectivity index (χ1) is 6.20. The summed E-state index contributed by atoms with van der Waals surface area (Å²) in [7, 11) is 0. The average Bonchev–Trinajstić information content (AvgIpc) is 2.47. The van der Waals surface area contributed by atoms with Crippen LogP contribution in [0.25, 0.3) is 0 Å². The van der Waals surface area contributed by atoms with Crippen molar-refractivity contribution in [1.82, 2.24) is 14.8 Å². The SMILES string of the molecule is CCc1nc2n(n1)CC(C)CC2N. The van der Waals surface area contributed by atoms with Crippen molar-refractivity contribution in [3.63, 3.8) is 0 Å². The fraction of sp³-hybridized carbons (Fsp3) is 0.778. The average molecular weight is 180 g/mol. The van der Waals surface area contributed by atoms with Crippen LogP contribution in [0.5, 0.6) is 0 Å². The molecule has 1 aromatic heterocycles. The summed E-state index contributed by atoms with van der Waals surface area (Å²) in [6.07, 6.45) is 1.92. The molecular formula is C9H16N4. The Morgan fingerprint density at radius 1 is 1.62 bits per heavy atom. The molecule has 2 heterocycles. The molecule has 0 saturated heterocycles. The maximum absolute atomic E-state index is 5.98. The van der Waals surface area contributed by atoms with Crippen LogP contribution in [0.1, 0.15) is 38.0 Å². The minimum absolute atomic E-state index is 0.0801. The quantitative estimate of drug-likeness (QED) is 0.698. The van der Waals surface area contributed by atoms with Gasteiger partial charge in [0.25, 0.3) is 0 Å². The maximum Gasteiger partial charge on any atom is 0.150 e. The second-order valence-corrected chi connectivity index (χ2v) is 3.87. The highest BCUT2D eigenvalue weighted by molar-refractivity contribution is 5.01. The van der Waals surface area contributed by atoms with Crippen LogP contribution in [-0.2, 0) is 13.0 Å². The van der Waals surface area contributed by atoms with Crippen LogP contribution >= 0.6 is 0 Å². The first-order valence-electron chi connectivity index (χ1n) is 4.90. The lowest BCUT2D eigenvalue weighted by Gasteiger charge is -2.23. The van der Waals surface area contributed by atoms with Crippen LogP contribution in [0.2, 0.25) is 0 Å². The molecule has 2 N–H and O–H groups in total. The largest absolute Gasteiger partial charge is 0.321 e. The number of hydrogen-bond acceptors (Lipinski definition) is 3. The van der Waals surface area contributed by atoms with E-state index in [0.717, 1.165) is 31.0 Å². The topological polar surface area (TPSA) is 56.7 Å². The van der Waals surface area contributed by atoms with Gasteiger partial charge in [0.2, 0.25) is 0 Å². The summed E-state index contributed by atoms with van der Waals surface area (Å²) >= 11 is 0. The Hall–Kier alpha value is -0.900. The summed E-state index contributed by atoms with van der Waals surface area (Å²) in [5, 5.41) is 4.40. The van der Waals surface area contributed by atoms with Gasteiger partial charge in [0.15, 0.2) is 5.82 Å². The number of nitrogens with zero attached hydrogens (tertiary/aromatic N) is 3. The monoisotopic (exact) mass is 180 g/mol. The van der Waals surface area contributed by atoms with E-state index in [1.807, 2.05) is 4.68 Å². The van der Waals surface area contributed by atoms with Gasteiger partial charge < -0.3 is 5.73 Å². The molecular weight excluding hydrogens is 164 g/mol. The van der Waals surface area contributed by atoms with Crippen LogP contribution in [0.4, 0.5) is 0 Å². The standard InChI is InChI=1S/C9H16N4/c1-3-8-11-9-7(10)4-6(2)5-13(9)12-8/h6-7H,3-5,10H2,1-2H3. The van der Waals surface area contributed by atoms with Gasteiger partial charge in [-0.2, -0.15) is 5.10 Å². The molecule has 0 aliphatic carbocycles. The number of rotatable bonds is 1. The predicted molar refractivity (Wildman–Crippen MR) is 50.1 cm³/mol. The zero-order valence-corrected chi connectivity index (χ0v) is 8.20. The van der Waals surface area contributed by atoms with Crippen LogP contribution in [-0.4, -0.2) is 14.8 Å². The molecule has 0 aromatic carbocycles. The highest BCUT2D eigenvalue weighted by Crippen LogP contribution is 2.24. The zero-order chi connectivity index (χ0) is 9.42. The molecule has 72 valence electrons. The van der Waals surface area contributed by atoms with Crippen molar-refractivity contribution in [2.45, 2.75) is 39.3 Å². The molecule has 0 saturated carbocycles. The Morgan fingerprint density at radius 2 is 2.38 bits per heavy atom. The number of nitrogens with two attached hydrogens (primary N) is 1. The third-order valence-electron chi connectivity index (χ3n) is 2.53. The third kappa shape index (κ3) is 1.46. The fourth-order valence-corrected chi connectivity index (χ4v) is 1.87. The molecule has 1 aliphatic heterocycles. The van der Waals surface area contributed by atoms with E-state index in [2.05, 4.69) is 23.9 Å². The highest BCUT2D eigenvalue weighted by Gasteiger charge is 2.24. The van der Waals surface area contributed by atoms with E-state index in [4.69, 9.17) is 5.73 Å². The normalized spacial score (nSPS) is 27.3. The molecule has 0 fully saturated rings. The molecule has 2 unspecified atom stereocenters. The lowest BCUT2D eigenvalue weighted by atomic mass is 9.98. The van der Waals surface area contributed by atoms with E-state index in [0.29, 0.717) is 5.92 Å². The molecule has 4 nitrogen and oxygen atoms in total. The Balaban J connectivity index is 2.35. The Labute approximate surface area is 78.1 Å². The molecule has 4 heteroatoms. The Bertz CT molecular complexity index is 305. The second kappa shape index (κ2) is 3.10. The van der Waals surface area contributed by atoms with Gasteiger partial charge in [-0.05, 0) is 12.3 Å². The van der Waals surface area contributed by atoms with Crippen LogP contribution in [0.3, 0.4) is 0 Å². The van der Waals surface area contributed by atoms with Gasteiger partial charge in [0.1, 0.15) is 5.82 Å². The second-order valence-electron chi connectivity index (χ2n) is 3.87. The van der Waals surface area contributed by atoms with Crippen LogP contribution < -0.4 is 5.73 Å². The molecule has 1 aliphatic rings. The maximum atomic E-state index is 5.98. The molecule has 2 rings (SSSR count). The van der Waals surface area contributed by atoms with Crippen molar-refractivity contribution in [3.05, 3.63) is 11.6 Å². The minimum Gasteiger partial charge on any atom is -0.321 e. The van der Waals surface area contributed by atoms with Crippen LogP contribution in [0, 0.1) is 5.92 Å². The van der Waals surface area contributed by atoms with Gasteiger partial charge in [-0.15, -0.1) is 0 Å².